The van der Waals surface area contributed by atoms with E-state index in [1.165, 1.54) is 47.4 Å². The molecule has 0 spiro atoms. The highest BCUT2D eigenvalue weighted by molar-refractivity contribution is 6.04. The molecule has 1 aliphatic heterocycles. The molecule has 0 aliphatic carbocycles. The number of anilines is 2. The summed E-state index contributed by atoms with van der Waals surface area (Å²) in [5, 5.41) is 7.74. The minimum atomic E-state index is -0.586. The first-order chi connectivity index (χ1) is 25.3. The number of nitrogens with one attached hydrogen (secondary N) is 1. The lowest BCUT2D eigenvalue weighted by molar-refractivity contribution is 0.102. The molecule has 0 unspecified atom stereocenters. The number of carbonyl (C=O) groups is 1. The van der Waals surface area contributed by atoms with Gasteiger partial charge in [0, 0.05) is 68.2 Å². The molecule has 1 saturated heterocycles. The minimum Gasteiger partial charge on any atom is -0.438 e. The molecule has 0 bridgehead atoms. The number of ether oxygens (including phenoxy) is 1. The molecule has 0 atom stereocenters. The van der Waals surface area contributed by atoms with E-state index >= 15 is 0 Å². The molecular formula is C39H33FN8O4. The summed E-state index contributed by atoms with van der Waals surface area (Å²) in [5.41, 5.74) is 4.28. The number of halogens is 1. The van der Waals surface area contributed by atoms with Gasteiger partial charge in [-0.15, -0.1) is 0 Å². The van der Waals surface area contributed by atoms with Crippen molar-refractivity contribution in [2.24, 2.45) is 7.05 Å². The van der Waals surface area contributed by atoms with Crippen molar-refractivity contribution in [1.29, 1.82) is 0 Å². The van der Waals surface area contributed by atoms with E-state index in [0.29, 0.717) is 39.9 Å². The van der Waals surface area contributed by atoms with Gasteiger partial charge < -0.3 is 24.3 Å². The van der Waals surface area contributed by atoms with E-state index in [1.54, 1.807) is 41.2 Å². The molecule has 13 heteroatoms. The molecule has 8 rings (SSSR count). The Bertz CT molecular complexity index is 2450. The number of furan rings is 1. The average Bonchev–Trinajstić information content (AvgIpc) is 3.77. The Balaban J connectivity index is 1.07. The van der Waals surface area contributed by atoms with Crippen LogP contribution in [0.4, 0.5) is 15.8 Å². The maximum absolute atomic E-state index is 13.4. The first kappa shape index (κ1) is 32.6. The summed E-state index contributed by atoms with van der Waals surface area (Å²) in [5.74, 6) is 0.338. The molecule has 12 nitrogen and oxygen atoms in total. The van der Waals surface area contributed by atoms with Gasteiger partial charge in [0.1, 0.15) is 34.6 Å². The first-order valence-electron chi connectivity index (χ1n) is 16.7. The zero-order valence-corrected chi connectivity index (χ0v) is 28.4. The van der Waals surface area contributed by atoms with Gasteiger partial charge in [0.05, 0.1) is 11.8 Å². The largest absolute Gasteiger partial charge is 0.438 e. The van der Waals surface area contributed by atoms with E-state index in [1.807, 2.05) is 13.2 Å². The Morgan fingerprint density at radius 1 is 0.865 bits per heavy atom. The molecule has 5 heterocycles. The van der Waals surface area contributed by atoms with Crippen LogP contribution >= 0.6 is 0 Å². The van der Waals surface area contributed by atoms with Crippen molar-refractivity contribution in [2.45, 2.75) is 0 Å². The number of rotatable bonds is 8. The summed E-state index contributed by atoms with van der Waals surface area (Å²) in [6.07, 6.45) is 6.54. The number of piperazine rings is 1. The topological polar surface area (TPSA) is 124 Å². The lowest BCUT2D eigenvalue weighted by atomic mass is 10.0. The van der Waals surface area contributed by atoms with Crippen molar-refractivity contribution in [3.8, 4) is 39.8 Å². The normalized spacial score (nSPS) is 13.4. The predicted octanol–water partition coefficient (Wildman–Crippen LogP) is 6.38. The second kappa shape index (κ2) is 13.6. The fourth-order valence-electron chi connectivity index (χ4n) is 6.29. The molecule has 7 aromatic rings. The van der Waals surface area contributed by atoms with Gasteiger partial charge in [-0.25, -0.2) is 14.4 Å². The maximum atomic E-state index is 13.4. The highest BCUT2D eigenvalue weighted by Crippen LogP contribution is 2.44. The van der Waals surface area contributed by atoms with Gasteiger partial charge in [0.15, 0.2) is 0 Å². The van der Waals surface area contributed by atoms with Gasteiger partial charge in [0.2, 0.25) is 11.6 Å². The molecule has 1 fully saturated rings. The van der Waals surface area contributed by atoms with E-state index in [4.69, 9.17) is 9.15 Å². The SMILES string of the molecule is CN1CCN(c2ccc(-c3c(-c4cnn(C)c4)oc4ncnc(Oc5ccc(NC(=O)c6cccn(-c7ccc(F)cc7)c6=O)cc5)c34)cc2)CC1. The van der Waals surface area contributed by atoms with Gasteiger partial charge in [-0.2, -0.15) is 5.10 Å². The second-order valence-corrected chi connectivity index (χ2v) is 12.6. The molecule has 3 aromatic carbocycles. The number of likely N-dealkylation sites (N-methyl/N-ethyl adjacent to an activating group) is 1. The summed E-state index contributed by atoms with van der Waals surface area (Å²) >= 11 is 0. The summed E-state index contributed by atoms with van der Waals surface area (Å²) in [6.45, 7) is 3.95. The Kier molecular flexibility index (Phi) is 8.53. The van der Waals surface area contributed by atoms with Gasteiger partial charge in [0.25, 0.3) is 11.5 Å². The van der Waals surface area contributed by atoms with E-state index in [2.05, 4.69) is 61.5 Å². The van der Waals surface area contributed by atoms with E-state index < -0.39 is 17.3 Å². The van der Waals surface area contributed by atoms with Crippen LogP contribution in [0.15, 0.2) is 119 Å². The zero-order chi connectivity index (χ0) is 35.8. The van der Waals surface area contributed by atoms with Crippen LogP contribution in [0, 0.1) is 5.82 Å². The minimum absolute atomic E-state index is 0.0657. The molecule has 4 aromatic heterocycles. The number of nitrogens with zero attached hydrogens (tertiary/aromatic N) is 7. The fraction of sp³-hybridized carbons (Fsp3) is 0.154. The molecule has 0 saturated carbocycles. The van der Waals surface area contributed by atoms with Crippen molar-refractivity contribution in [2.75, 3.05) is 43.4 Å². The van der Waals surface area contributed by atoms with Crippen LogP contribution in [-0.4, -0.2) is 68.3 Å². The second-order valence-electron chi connectivity index (χ2n) is 12.6. The number of aromatic nitrogens is 5. The number of amides is 1. The molecule has 1 amide bonds. The van der Waals surface area contributed by atoms with Crippen LogP contribution in [0.1, 0.15) is 10.4 Å². The summed E-state index contributed by atoms with van der Waals surface area (Å²) in [4.78, 5) is 39.9. The molecule has 1 aliphatic rings. The highest BCUT2D eigenvalue weighted by atomic mass is 19.1. The van der Waals surface area contributed by atoms with E-state index in [0.717, 1.165) is 48.6 Å². The number of benzene rings is 3. The number of pyridine rings is 1. The molecular weight excluding hydrogens is 663 g/mol. The predicted molar refractivity (Wildman–Crippen MR) is 196 cm³/mol. The number of hydrogen-bond acceptors (Lipinski definition) is 9. The highest BCUT2D eigenvalue weighted by Gasteiger charge is 2.25. The number of hydrogen-bond donors (Lipinski definition) is 1. The number of aryl methyl sites for hydroxylation is 1. The van der Waals surface area contributed by atoms with Crippen LogP contribution in [0.25, 0.3) is 39.2 Å². The molecule has 260 valence electrons. The van der Waals surface area contributed by atoms with E-state index in [-0.39, 0.29) is 5.56 Å². The van der Waals surface area contributed by atoms with Crippen molar-refractivity contribution >= 4 is 28.4 Å². The Labute approximate surface area is 297 Å². The van der Waals surface area contributed by atoms with Crippen molar-refractivity contribution < 1.29 is 18.3 Å². The van der Waals surface area contributed by atoms with Gasteiger partial charge in [-0.1, -0.05) is 12.1 Å². The van der Waals surface area contributed by atoms with Crippen molar-refractivity contribution in [3.63, 3.8) is 0 Å². The average molecular weight is 697 g/mol. The summed E-state index contributed by atoms with van der Waals surface area (Å²) in [7, 11) is 3.99. The Morgan fingerprint density at radius 2 is 1.60 bits per heavy atom. The fourth-order valence-corrected chi connectivity index (χ4v) is 6.29. The van der Waals surface area contributed by atoms with Gasteiger partial charge >= 0.3 is 0 Å². The Hall–Kier alpha value is -6.60. The van der Waals surface area contributed by atoms with Gasteiger partial charge in [-0.3, -0.25) is 18.8 Å². The molecule has 1 N–H and O–H groups in total. The van der Waals surface area contributed by atoms with E-state index in [9.17, 15) is 14.0 Å². The number of carbonyl (C=O) groups excluding carboxylic acids is 1. The van der Waals surface area contributed by atoms with Crippen molar-refractivity contribution in [1.82, 2.24) is 29.2 Å². The van der Waals surface area contributed by atoms with Crippen molar-refractivity contribution in [3.05, 3.63) is 132 Å². The standard InChI is InChI=1S/C39H33FN8O4/c1-45-18-20-47(21-19-45)29-11-5-25(6-12-29)33-34-37(41-24-42-38(34)52-35(33)26-22-43-46(2)23-26)51-31-15-9-28(10-16-31)44-36(49)32-4-3-17-48(39(32)50)30-13-7-27(40)8-14-30/h3-17,22-24H,18-21H2,1-2H3,(H,44,49). The van der Waals surface area contributed by atoms with Gasteiger partial charge in [-0.05, 0) is 85.4 Å². The third-order valence-electron chi connectivity index (χ3n) is 9.07. The monoisotopic (exact) mass is 696 g/mol. The first-order valence-corrected chi connectivity index (χ1v) is 16.7. The van der Waals surface area contributed by atoms with Crippen LogP contribution in [-0.2, 0) is 7.05 Å². The molecule has 0 radical (unpaired) electrons. The lowest BCUT2D eigenvalue weighted by Gasteiger charge is -2.34. The van der Waals surface area contributed by atoms with Crippen LogP contribution < -0.4 is 20.5 Å². The van der Waals surface area contributed by atoms with Crippen LogP contribution in [0.3, 0.4) is 0 Å². The maximum Gasteiger partial charge on any atom is 0.267 e. The smallest absolute Gasteiger partial charge is 0.267 e. The molecule has 52 heavy (non-hydrogen) atoms. The Morgan fingerprint density at radius 3 is 2.31 bits per heavy atom. The lowest BCUT2D eigenvalue weighted by Crippen LogP contribution is -2.44. The third-order valence-corrected chi connectivity index (χ3v) is 9.07. The summed E-state index contributed by atoms with van der Waals surface area (Å²) in [6, 6.07) is 23.6. The number of fused-ring (bicyclic) bond motifs is 1. The zero-order valence-electron chi connectivity index (χ0n) is 28.4. The summed E-state index contributed by atoms with van der Waals surface area (Å²) < 4.78 is 29.1. The quantitative estimate of drug-likeness (QED) is 0.193. The van der Waals surface area contributed by atoms with Crippen LogP contribution in [0.5, 0.6) is 11.6 Å². The van der Waals surface area contributed by atoms with Crippen LogP contribution in [0.2, 0.25) is 0 Å². The third kappa shape index (κ3) is 6.40.